The maximum Gasteiger partial charge on any atom is 0.123 e. The minimum absolute atomic E-state index is 0.0671. The predicted molar refractivity (Wildman–Crippen MR) is 67.0 cm³/mol. The highest BCUT2D eigenvalue weighted by Crippen LogP contribution is 2.01. The third-order valence-corrected chi connectivity index (χ3v) is 2.53. The number of hydrogen-bond acceptors (Lipinski definition) is 2. The van der Waals surface area contributed by atoms with E-state index in [2.05, 4.69) is 17.2 Å². The van der Waals surface area contributed by atoms with E-state index >= 15 is 0 Å². The van der Waals surface area contributed by atoms with Crippen molar-refractivity contribution >= 4 is 0 Å². The van der Waals surface area contributed by atoms with E-state index < -0.39 is 0 Å². The van der Waals surface area contributed by atoms with Gasteiger partial charge in [-0.3, -0.25) is 0 Å². The van der Waals surface area contributed by atoms with Crippen LogP contribution in [0.1, 0.15) is 19.4 Å². The summed E-state index contributed by atoms with van der Waals surface area (Å²) in [5.41, 5.74) is 0.790. The molecule has 0 saturated carbocycles. The highest BCUT2D eigenvalue weighted by Gasteiger charge is 2.09. The summed E-state index contributed by atoms with van der Waals surface area (Å²) in [6.07, 6.45) is 0. The number of aliphatic hydroxyl groups excluding tert-OH is 1. The molecule has 3 heteroatoms. The molecule has 2 nitrogen and oxygen atoms in total. The first kappa shape index (κ1) is 13.7. The number of benzene rings is 1. The molecule has 1 atom stereocenters. The molecule has 0 heterocycles. The Labute approximate surface area is 102 Å². The molecule has 1 rings (SSSR count). The summed E-state index contributed by atoms with van der Waals surface area (Å²) in [4.78, 5) is 0. The third-order valence-electron chi connectivity index (χ3n) is 2.53. The topological polar surface area (TPSA) is 32.3 Å². The summed E-state index contributed by atoms with van der Waals surface area (Å²) in [5, 5.41) is 12.2. The predicted octanol–water partition coefficient (Wildman–Crippen LogP) is 1.78. The standard InChI is InChI=1S/C14H18FNO/c1-11(2)14(10-17)16-9-3-4-12-5-7-13(15)8-6-12/h5-8,11,14,16-17H,9-10H2,1-2H3/t14-/m1/s1. The third kappa shape index (κ3) is 4.99. The lowest BCUT2D eigenvalue weighted by Crippen LogP contribution is -2.37. The second-order valence-corrected chi connectivity index (χ2v) is 4.22. The maximum atomic E-state index is 12.6. The molecule has 0 unspecified atom stereocenters. The second-order valence-electron chi connectivity index (χ2n) is 4.22. The Morgan fingerprint density at radius 3 is 2.47 bits per heavy atom. The SMILES string of the molecule is CC(C)[C@@H](CO)NCC#Cc1ccc(F)cc1. The molecule has 0 amide bonds. The normalized spacial score (nSPS) is 12.1. The van der Waals surface area contributed by atoms with Crippen molar-refractivity contribution in [1.29, 1.82) is 0 Å². The first-order valence-electron chi connectivity index (χ1n) is 5.72. The molecule has 0 fully saturated rings. The molecule has 0 radical (unpaired) electrons. The van der Waals surface area contributed by atoms with Gasteiger partial charge in [0.2, 0.25) is 0 Å². The molecule has 92 valence electrons. The van der Waals surface area contributed by atoms with E-state index in [0.717, 1.165) is 5.56 Å². The van der Waals surface area contributed by atoms with Crippen molar-refractivity contribution in [3.8, 4) is 11.8 Å². The van der Waals surface area contributed by atoms with Crippen LogP contribution in [0.2, 0.25) is 0 Å². The smallest absolute Gasteiger partial charge is 0.123 e. The van der Waals surface area contributed by atoms with Gasteiger partial charge in [-0.05, 0) is 30.2 Å². The average Bonchev–Trinajstić information content (AvgIpc) is 2.31. The zero-order valence-corrected chi connectivity index (χ0v) is 10.2. The monoisotopic (exact) mass is 235 g/mol. The van der Waals surface area contributed by atoms with Crippen molar-refractivity contribution in [3.63, 3.8) is 0 Å². The summed E-state index contributed by atoms with van der Waals surface area (Å²) in [6.45, 7) is 4.71. The zero-order chi connectivity index (χ0) is 12.7. The molecule has 0 spiro atoms. The highest BCUT2D eigenvalue weighted by molar-refractivity contribution is 5.34. The average molecular weight is 235 g/mol. The molecule has 0 aliphatic carbocycles. The lowest BCUT2D eigenvalue weighted by atomic mass is 10.1. The van der Waals surface area contributed by atoms with E-state index in [0.29, 0.717) is 12.5 Å². The highest BCUT2D eigenvalue weighted by atomic mass is 19.1. The molecule has 0 aliphatic heterocycles. The van der Waals surface area contributed by atoms with E-state index in [9.17, 15) is 4.39 Å². The summed E-state index contributed by atoms with van der Waals surface area (Å²) in [5.74, 6) is 5.99. The van der Waals surface area contributed by atoms with Crippen molar-refractivity contribution in [1.82, 2.24) is 5.32 Å². The van der Waals surface area contributed by atoms with Crippen LogP contribution in [-0.4, -0.2) is 24.3 Å². The summed E-state index contributed by atoms with van der Waals surface area (Å²) < 4.78 is 12.6. The van der Waals surface area contributed by atoms with E-state index in [1.807, 2.05) is 13.8 Å². The molecule has 0 bridgehead atoms. The molecule has 2 N–H and O–H groups in total. The largest absolute Gasteiger partial charge is 0.395 e. The summed E-state index contributed by atoms with van der Waals surface area (Å²) in [6, 6.07) is 6.14. The molecule has 1 aromatic rings. The first-order valence-corrected chi connectivity index (χ1v) is 5.72. The van der Waals surface area contributed by atoms with E-state index in [1.165, 1.54) is 12.1 Å². The van der Waals surface area contributed by atoms with Crippen LogP contribution in [0.5, 0.6) is 0 Å². The van der Waals surface area contributed by atoms with Crippen LogP contribution in [0.15, 0.2) is 24.3 Å². The quantitative estimate of drug-likeness (QED) is 0.780. The van der Waals surface area contributed by atoms with Gasteiger partial charge in [0.05, 0.1) is 13.2 Å². The van der Waals surface area contributed by atoms with Crippen LogP contribution in [0.3, 0.4) is 0 Å². The van der Waals surface area contributed by atoms with Crippen LogP contribution >= 0.6 is 0 Å². The minimum atomic E-state index is -0.256. The molecule has 1 aromatic carbocycles. The number of rotatable bonds is 4. The van der Waals surface area contributed by atoms with Crippen LogP contribution in [0, 0.1) is 23.6 Å². The van der Waals surface area contributed by atoms with Crippen molar-refractivity contribution in [2.24, 2.45) is 5.92 Å². The zero-order valence-electron chi connectivity index (χ0n) is 10.2. The van der Waals surface area contributed by atoms with Gasteiger partial charge in [-0.2, -0.15) is 0 Å². The molecule has 0 aromatic heterocycles. The van der Waals surface area contributed by atoms with Gasteiger partial charge < -0.3 is 10.4 Å². The van der Waals surface area contributed by atoms with Gasteiger partial charge in [-0.25, -0.2) is 4.39 Å². The Kier molecular flexibility index (Phi) is 5.68. The fourth-order valence-corrected chi connectivity index (χ4v) is 1.37. The first-order chi connectivity index (χ1) is 8.13. The number of nitrogens with one attached hydrogen (secondary N) is 1. The Bertz CT molecular complexity index is 389. The van der Waals surface area contributed by atoms with Crippen molar-refractivity contribution in [2.75, 3.05) is 13.2 Å². The van der Waals surface area contributed by atoms with Crippen LogP contribution in [0.4, 0.5) is 4.39 Å². The minimum Gasteiger partial charge on any atom is -0.395 e. The van der Waals surface area contributed by atoms with Gasteiger partial charge in [-0.15, -0.1) is 0 Å². The summed E-state index contributed by atoms with van der Waals surface area (Å²) in [7, 11) is 0. The van der Waals surface area contributed by atoms with Crippen LogP contribution in [-0.2, 0) is 0 Å². The second kappa shape index (κ2) is 7.05. The lowest BCUT2D eigenvalue weighted by Gasteiger charge is -2.17. The van der Waals surface area contributed by atoms with Gasteiger partial charge in [0.1, 0.15) is 5.82 Å². The van der Waals surface area contributed by atoms with Gasteiger partial charge in [0.25, 0.3) is 0 Å². The Morgan fingerprint density at radius 1 is 1.29 bits per heavy atom. The Morgan fingerprint density at radius 2 is 1.94 bits per heavy atom. The van der Waals surface area contributed by atoms with Crippen molar-refractivity contribution in [2.45, 2.75) is 19.9 Å². The number of halogens is 1. The fraction of sp³-hybridized carbons (Fsp3) is 0.429. The van der Waals surface area contributed by atoms with Gasteiger partial charge >= 0.3 is 0 Å². The van der Waals surface area contributed by atoms with Crippen LogP contribution in [0.25, 0.3) is 0 Å². The molecule has 0 saturated heterocycles. The van der Waals surface area contributed by atoms with Gasteiger partial charge in [0, 0.05) is 11.6 Å². The molecular weight excluding hydrogens is 217 g/mol. The van der Waals surface area contributed by atoms with Gasteiger partial charge in [0.15, 0.2) is 0 Å². The molecule has 17 heavy (non-hydrogen) atoms. The van der Waals surface area contributed by atoms with E-state index in [1.54, 1.807) is 12.1 Å². The van der Waals surface area contributed by atoms with Gasteiger partial charge in [-0.1, -0.05) is 25.7 Å². The molecule has 0 aliphatic rings. The number of hydrogen-bond donors (Lipinski definition) is 2. The van der Waals surface area contributed by atoms with Crippen molar-refractivity contribution in [3.05, 3.63) is 35.6 Å². The van der Waals surface area contributed by atoms with E-state index in [-0.39, 0.29) is 18.5 Å². The maximum absolute atomic E-state index is 12.6. The lowest BCUT2D eigenvalue weighted by molar-refractivity contribution is 0.215. The fourth-order valence-electron chi connectivity index (χ4n) is 1.37. The van der Waals surface area contributed by atoms with Crippen molar-refractivity contribution < 1.29 is 9.50 Å². The Balaban J connectivity index is 2.43. The number of aliphatic hydroxyl groups is 1. The van der Waals surface area contributed by atoms with Crippen LogP contribution < -0.4 is 5.32 Å². The van der Waals surface area contributed by atoms with E-state index in [4.69, 9.17) is 5.11 Å². The summed E-state index contributed by atoms with van der Waals surface area (Å²) >= 11 is 0. The molecular formula is C14H18FNO. The Hall–Kier alpha value is -1.37.